The normalized spacial score (nSPS) is 26.8. The van der Waals surface area contributed by atoms with Crippen molar-refractivity contribution in [3.8, 4) is 5.75 Å². The molecule has 0 radical (unpaired) electrons. The van der Waals surface area contributed by atoms with Crippen LogP contribution in [-0.2, 0) is 4.74 Å². The van der Waals surface area contributed by atoms with E-state index in [2.05, 4.69) is 22.9 Å². The van der Waals surface area contributed by atoms with Gasteiger partial charge in [0, 0.05) is 22.9 Å². The molecule has 100 valence electrons. The van der Waals surface area contributed by atoms with Gasteiger partial charge in [0.2, 0.25) is 0 Å². The SMILES string of the molecule is CCCOC1C(Br)CC1Oc1ccc(Cl)cc1C. The molecule has 0 saturated heterocycles. The molecule has 0 bridgehead atoms. The van der Waals surface area contributed by atoms with Crippen molar-refractivity contribution in [1.29, 1.82) is 0 Å². The van der Waals surface area contributed by atoms with Crippen molar-refractivity contribution in [2.45, 2.75) is 43.7 Å². The van der Waals surface area contributed by atoms with Gasteiger partial charge in [-0.3, -0.25) is 0 Å². The molecule has 2 nitrogen and oxygen atoms in total. The van der Waals surface area contributed by atoms with E-state index in [9.17, 15) is 0 Å². The Balaban J connectivity index is 1.96. The van der Waals surface area contributed by atoms with Gasteiger partial charge in [0.05, 0.1) is 0 Å². The molecule has 0 aliphatic heterocycles. The Hall–Kier alpha value is -0.250. The molecule has 18 heavy (non-hydrogen) atoms. The average molecular weight is 334 g/mol. The highest BCUT2D eigenvalue weighted by Gasteiger charge is 2.42. The van der Waals surface area contributed by atoms with E-state index < -0.39 is 0 Å². The van der Waals surface area contributed by atoms with E-state index in [1.54, 1.807) is 0 Å². The molecule has 0 aromatic heterocycles. The van der Waals surface area contributed by atoms with E-state index in [1.165, 1.54) is 0 Å². The molecule has 3 unspecified atom stereocenters. The van der Waals surface area contributed by atoms with Crippen molar-refractivity contribution in [2.75, 3.05) is 6.61 Å². The Morgan fingerprint density at radius 3 is 2.83 bits per heavy atom. The van der Waals surface area contributed by atoms with Crippen LogP contribution in [0.1, 0.15) is 25.3 Å². The third-order valence-corrected chi connectivity index (χ3v) is 4.24. The Labute approximate surface area is 122 Å². The van der Waals surface area contributed by atoms with Gasteiger partial charge in [-0.2, -0.15) is 0 Å². The van der Waals surface area contributed by atoms with Crippen LogP contribution in [0.2, 0.25) is 5.02 Å². The minimum absolute atomic E-state index is 0.140. The molecule has 0 heterocycles. The fourth-order valence-corrected chi connectivity index (χ4v) is 3.10. The van der Waals surface area contributed by atoms with Crippen molar-refractivity contribution in [3.05, 3.63) is 28.8 Å². The number of alkyl halides is 1. The first-order valence-corrected chi connectivity index (χ1v) is 7.59. The van der Waals surface area contributed by atoms with Crippen LogP contribution in [0.4, 0.5) is 0 Å². The van der Waals surface area contributed by atoms with Crippen molar-refractivity contribution < 1.29 is 9.47 Å². The number of hydrogen-bond acceptors (Lipinski definition) is 2. The standard InChI is InChI=1S/C14H18BrClO2/c1-3-6-17-14-11(15)8-13(14)18-12-5-4-10(16)7-9(12)2/h4-5,7,11,13-14H,3,6,8H2,1-2H3. The van der Waals surface area contributed by atoms with E-state index >= 15 is 0 Å². The van der Waals surface area contributed by atoms with Crippen LogP contribution >= 0.6 is 27.5 Å². The van der Waals surface area contributed by atoms with Crippen molar-refractivity contribution in [3.63, 3.8) is 0 Å². The van der Waals surface area contributed by atoms with Gasteiger partial charge in [-0.15, -0.1) is 0 Å². The third-order valence-electron chi connectivity index (χ3n) is 3.11. The summed E-state index contributed by atoms with van der Waals surface area (Å²) in [7, 11) is 0. The summed E-state index contributed by atoms with van der Waals surface area (Å²) in [5, 5.41) is 0.741. The summed E-state index contributed by atoms with van der Waals surface area (Å²) < 4.78 is 11.8. The number of aryl methyl sites for hydroxylation is 1. The Kier molecular flexibility index (Phi) is 4.93. The quantitative estimate of drug-likeness (QED) is 0.745. The highest BCUT2D eigenvalue weighted by atomic mass is 79.9. The predicted molar refractivity (Wildman–Crippen MR) is 78.0 cm³/mol. The van der Waals surface area contributed by atoms with Crippen LogP contribution in [0, 0.1) is 6.92 Å². The zero-order valence-electron chi connectivity index (χ0n) is 10.7. The van der Waals surface area contributed by atoms with E-state index in [4.69, 9.17) is 21.1 Å². The van der Waals surface area contributed by atoms with Crippen LogP contribution in [0.15, 0.2) is 18.2 Å². The molecule has 4 heteroatoms. The summed E-state index contributed by atoms with van der Waals surface area (Å²) in [5.74, 6) is 0.897. The van der Waals surface area contributed by atoms with Crippen LogP contribution in [0.5, 0.6) is 5.75 Å². The first-order valence-electron chi connectivity index (χ1n) is 6.30. The molecule has 1 fully saturated rings. The van der Waals surface area contributed by atoms with Crippen LogP contribution in [0.25, 0.3) is 0 Å². The summed E-state index contributed by atoms with van der Waals surface area (Å²) >= 11 is 9.55. The van der Waals surface area contributed by atoms with Crippen molar-refractivity contribution >= 4 is 27.5 Å². The van der Waals surface area contributed by atoms with Gasteiger partial charge in [0.25, 0.3) is 0 Å². The van der Waals surface area contributed by atoms with Crippen LogP contribution in [0.3, 0.4) is 0 Å². The first-order chi connectivity index (χ1) is 8.61. The second kappa shape index (κ2) is 6.27. The molecule has 0 amide bonds. The maximum absolute atomic E-state index is 6.00. The monoisotopic (exact) mass is 332 g/mol. The lowest BCUT2D eigenvalue weighted by atomic mass is 9.91. The summed E-state index contributed by atoms with van der Waals surface area (Å²) in [6.07, 6.45) is 2.31. The maximum Gasteiger partial charge on any atom is 0.127 e. The lowest BCUT2D eigenvalue weighted by Crippen LogP contribution is -2.52. The highest BCUT2D eigenvalue weighted by Crippen LogP contribution is 2.35. The van der Waals surface area contributed by atoms with Crippen LogP contribution in [-0.4, -0.2) is 23.6 Å². The zero-order valence-corrected chi connectivity index (χ0v) is 13.0. The van der Waals surface area contributed by atoms with Crippen LogP contribution < -0.4 is 4.74 Å². The van der Waals surface area contributed by atoms with Gasteiger partial charge in [0.1, 0.15) is 18.0 Å². The molecule has 1 aliphatic rings. The number of benzene rings is 1. The number of ether oxygens (including phenoxy) is 2. The highest BCUT2D eigenvalue weighted by molar-refractivity contribution is 9.09. The van der Waals surface area contributed by atoms with Gasteiger partial charge in [-0.1, -0.05) is 34.5 Å². The number of halogens is 2. The van der Waals surface area contributed by atoms with Crippen molar-refractivity contribution in [2.24, 2.45) is 0 Å². The molecule has 1 saturated carbocycles. The fourth-order valence-electron chi connectivity index (χ4n) is 2.02. The minimum atomic E-state index is 0.140. The van der Waals surface area contributed by atoms with Gasteiger partial charge in [0.15, 0.2) is 0 Å². The average Bonchev–Trinajstić information content (AvgIpc) is 2.32. The number of hydrogen-bond donors (Lipinski definition) is 0. The van der Waals surface area contributed by atoms with Gasteiger partial charge >= 0.3 is 0 Å². The Bertz CT molecular complexity index is 411. The molecular formula is C14H18BrClO2. The summed E-state index contributed by atoms with van der Waals surface area (Å²) in [4.78, 5) is 0.404. The molecule has 0 N–H and O–H groups in total. The summed E-state index contributed by atoms with van der Waals surface area (Å²) in [6, 6.07) is 5.70. The Morgan fingerprint density at radius 1 is 1.44 bits per heavy atom. The molecule has 1 aromatic rings. The lowest BCUT2D eigenvalue weighted by molar-refractivity contribution is -0.0764. The smallest absolute Gasteiger partial charge is 0.127 e. The van der Waals surface area contributed by atoms with Gasteiger partial charge in [-0.25, -0.2) is 0 Å². The summed E-state index contributed by atoms with van der Waals surface area (Å²) in [5.41, 5.74) is 1.06. The molecular weight excluding hydrogens is 316 g/mol. The largest absolute Gasteiger partial charge is 0.487 e. The Morgan fingerprint density at radius 2 is 2.22 bits per heavy atom. The van der Waals surface area contributed by atoms with E-state index in [-0.39, 0.29) is 12.2 Å². The third kappa shape index (κ3) is 3.19. The van der Waals surface area contributed by atoms with E-state index in [0.717, 1.165) is 35.8 Å². The summed E-state index contributed by atoms with van der Waals surface area (Å²) in [6.45, 7) is 4.90. The molecule has 0 spiro atoms. The van der Waals surface area contributed by atoms with E-state index in [0.29, 0.717) is 4.83 Å². The molecule has 1 aromatic carbocycles. The topological polar surface area (TPSA) is 18.5 Å². The van der Waals surface area contributed by atoms with E-state index in [1.807, 2.05) is 25.1 Å². The van der Waals surface area contributed by atoms with Gasteiger partial charge < -0.3 is 9.47 Å². The maximum atomic E-state index is 6.00. The zero-order chi connectivity index (χ0) is 13.1. The molecule has 1 aliphatic carbocycles. The molecule has 3 atom stereocenters. The second-order valence-electron chi connectivity index (χ2n) is 4.65. The predicted octanol–water partition coefficient (Wildman–Crippen LogP) is 4.36. The fraction of sp³-hybridized carbons (Fsp3) is 0.571. The van der Waals surface area contributed by atoms with Crippen molar-refractivity contribution in [1.82, 2.24) is 0 Å². The molecule has 2 rings (SSSR count). The first kappa shape index (κ1) is 14.2. The van der Waals surface area contributed by atoms with Gasteiger partial charge in [-0.05, 0) is 37.1 Å². The number of rotatable bonds is 5. The minimum Gasteiger partial charge on any atom is -0.487 e. The second-order valence-corrected chi connectivity index (χ2v) is 6.27. The lowest BCUT2D eigenvalue weighted by Gasteiger charge is -2.41.